The lowest BCUT2D eigenvalue weighted by molar-refractivity contribution is 0.486. The number of anilines is 1. The van der Waals surface area contributed by atoms with Gasteiger partial charge in [0.2, 0.25) is 0 Å². The highest BCUT2D eigenvalue weighted by Crippen LogP contribution is 2.11. The molecular weight excluding hydrogens is 164 g/mol. The largest absolute Gasteiger partial charge is 0.399 e. The van der Waals surface area contributed by atoms with Gasteiger partial charge in [0.25, 0.3) is 0 Å². The summed E-state index contributed by atoms with van der Waals surface area (Å²) in [4.78, 5) is 0. The van der Waals surface area contributed by atoms with Gasteiger partial charge in [0.15, 0.2) is 0 Å². The first-order chi connectivity index (χ1) is 6.09. The zero-order valence-electron chi connectivity index (χ0n) is 7.57. The van der Waals surface area contributed by atoms with Crippen molar-refractivity contribution in [1.82, 2.24) is 5.01 Å². The predicted molar refractivity (Wildman–Crippen MR) is 55.0 cm³/mol. The Kier molecular flexibility index (Phi) is 2.76. The minimum Gasteiger partial charge on any atom is -0.399 e. The third kappa shape index (κ3) is 2.68. The molecule has 0 heterocycles. The average molecular weight is 178 g/mol. The van der Waals surface area contributed by atoms with E-state index in [1.165, 1.54) is 5.01 Å². The molecule has 0 saturated heterocycles. The molecule has 1 aromatic carbocycles. The highest BCUT2D eigenvalue weighted by atomic mass is 15.4. The number of hydrogen-bond donors (Lipinski definition) is 3. The van der Waals surface area contributed by atoms with Crippen LogP contribution in [0.15, 0.2) is 30.5 Å². The van der Waals surface area contributed by atoms with E-state index < -0.39 is 0 Å². The van der Waals surface area contributed by atoms with E-state index in [0.29, 0.717) is 5.70 Å². The molecular formula is C9H14N4. The van der Waals surface area contributed by atoms with Crippen LogP contribution in [0.25, 0.3) is 5.70 Å². The second-order valence-corrected chi connectivity index (χ2v) is 2.87. The number of nitrogens with two attached hydrogens (primary N) is 3. The zero-order valence-corrected chi connectivity index (χ0v) is 7.57. The molecule has 1 rings (SSSR count). The van der Waals surface area contributed by atoms with Crippen molar-refractivity contribution in [2.24, 2.45) is 11.6 Å². The van der Waals surface area contributed by atoms with Crippen molar-refractivity contribution < 1.29 is 0 Å². The molecule has 0 spiro atoms. The van der Waals surface area contributed by atoms with Crippen molar-refractivity contribution >= 4 is 11.4 Å². The van der Waals surface area contributed by atoms with Gasteiger partial charge in [-0.25, -0.2) is 5.84 Å². The van der Waals surface area contributed by atoms with Crippen LogP contribution in [0.3, 0.4) is 0 Å². The first-order valence-electron chi connectivity index (χ1n) is 3.90. The Morgan fingerprint density at radius 3 is 2.31 bits per heavy atom. The third-order valence-corrected chi connectivity index (χ3v) is 1.59. The van der Waals surface area contributed by atoms with Gasteiger partial charge in [-0.15, -0.1) is 0 Å². The Labute approximate surface area is 77.6 Å². The maximum Gasteiger partial charge on any atom is 0.0564 e. The van der Waals surface area contributed by atoms with Gasteiger partial charge in [0.1, 0.15) is 0 Å². The Morgan fingerprint density at radius 1 is 1.31 bits per heavy atom. The van der Waals surface area contributed by atoms with Crippen molar-refractivity contribution in [1.29, 1.82) is 0 Å². The summed E-state index contributed by atoms with van der Waals surface area (Å²) in [6.07, 6.45) is 1.64. The van der Waals surface area contributed by atoms with E-state index in [9.17, 15) is 0 Å². The van der Waals surface area contributed by atoms with Gasteiger partial charge in [-0.05, 0) is 17.7 Å². The Hall–Kier alpha value is -1.68. The summed E-state index contributed by atoms with van der Waals surface area (Å²) in [6.45, 7) is 0. The monoisotopic (exact) mass is 178 g/mol. The van der Waals surface area contributed by atoms with E-state index in [4.69, 9.17) is 17.3 Å². The van der Waals surface area contributed by atoms with Gasteiger partial charge in [-0.1, -0.05) is 12.1 Å². The van der Waals surface area contributed by atoms with Crippen LogP contribution >= 0.6 is 0 Å². The fourth-order valence-corrected chi connectivity index (χ4v) is 0.969. The predicted octanol–water partition coefficient (Wildman–Crippen LogP) is 0.331. The first kappa shape index (κ1) is 9.41. The van der Waals surface area contributed by atoms with Crippen LogP contribution in [-0.4, -0.2) is 12.1 Å². The molecule has 0 aliphatic heterocycles. The Balaban J connectivity index is 2.89. The summed E-state index contributed by atoms with van der Waals surface area (Å²) < 4.78 is 0. The molecule has 4 nitrogen and oxygen atoms in total. The SMILES string of the molecule is CN(N)/C=C(\N)c1ccc(N)cc1. The lowest BCUT2D eigenvalue weighted by Crippen LogP contribution is -2.20. The molecule has 0 fully saturated rings. The number of hydrogen-bond acceptors (Lipinski definition) is 4. The quantitative estimate of drug-likeness (QED) is 0.346. The van der Waals surface area contributed by atoms with Gasteiger partial charge >= 0.3 is 0 Å². The molecule has 1 aromatic rings. The van der Waals surface area contributed by atoms with Gasteiger partial charge in [-0.2, -0.15) is 0 Å². The van der Waals surface area contributed by atoms with Crippen LogP contribution in [0.1, 0.15) is 5.56 Å². The van der Waals surface area contributed by atoms with Crippen molar-refractivity contribution in [3.8, 4) is 0 Å². The van der Waals surface area contributed by atoms with E-state index in [1.807, 2.05) is 12.1 Å². The number of rotatable bonds is 2. The van der Waals surface area contributed by atoms with E-state index in [2.05, 4.69) is 0 Å². The van der Waals surface area contributed by atoms with Crippen LogP contribution in [0.2, 0.25) is 0 Å². The molecule has 0 aliphatic rings. The Bertz CT molecular complexity index is 300. The van der Waals surface area contributed by atoms with Crippen molar-refractivity contribution in [3.63, 3.8) is 0 Å². The molecule has 0 aliphatic carbocycles. The maximum absolute atomic E-state index is 5.74. The van der Waals surface area contributed by atoms with Crippen molar-refractivity contribution in [2.75, 3.05) is 12.8 Å². The summed E-state index contributed by atoms with van der Waals surface area (Å²) in [6, 6.07) is 7.30. The normalized spacial score (nSPS) is 11.4. The first-order valence-corrected chi connectivity index (χ1v) is 3.90. The molecule has 0 amide bonds. The lowest BCUT2D eigenvalue weighted by Gasteiger charge is -2.07. The summed E-state index contributed by atoms with van der Waals surface area (Å²) in [5, 5.41) is 1.41. The van der Waals surface area contributed by atoms with Crippen LogP contribution in [0.5, 0.6) is 0 Å². The number of nitrogen functional groups attached to an aromatic ring is 1. The van der Waals surface area contributed by atoms with Crippen LogP contribution < -0.4 is 17.3 Å². The zero-order chi connectivity index (χ0) is 9.84. The van der Waals surface area contributed by atoms with Crippen LogP contribution in [-0.2, 0) is 0 Å². The van der Waals surface area contributed by atoms with Crippen molar-refractivity contribution in [2.45, 2.75) is 0 Å². The minimum atomic E-state index is 0.616. The Morgan fingerprint density at radius 2 is 1.85 bits per heavy atom. The number of benzene rings is 1. The van der Waals surface area contributed by atoms with E-state index in [0.717, 1.165) is 11.3 Å². The van der Waals surface area contributed by atoms with Crippen LogP contribution in [0.4, 0.5) is 5.69 Å². The van der Waals surface area contributed by atoms with Gasteiger partial charge in [0.05, 0.1) is 5.70 Å². The molecule has 0 aromatic heterocycles. The summed E-state index contributed by atoms with van der Waals surface area (Å²) >= 11 is 0. The standard InChI is InChI=1S/C9H14N4/c1-13(12)6-9(11)7-2-4-8(10)5-3-7/h2-6H,10-12H2,1H3/b9-6-. The van der Waals surface area contributed by atoms with E-state index >= 15 is 0 Å². The summed E-state index contributed by atoms with van der Waals surface area (Å²) in [7, 11) is 1.71. The fraction of sp³-hybridized carbons (Fsp3) is 0.111. The van der Waals surface area contributed by atoms with E-state index in [-0.39, 0.29) is 0 Å². The minimum absolute atomic E-state index is 0.616. The number of hydrazine groups is 1. The highest BCUT2D eigenvalue weighted by molar-refractivity contribution is 5.63. The molecule has 0 bridgehead atoms. The molecule has 6 N–H and O–H groups in total. The maximum atomic E-state index is 5.74. The molecule has 0 unspecified atom stereocenters. The molecule has 70 valence electrons. The smallest absolute Gasteiger partial charge is 0.0564 e. The topological polar surface area (TPSA) is 81.3 Å². The fourth-order valence-electron chi connectivity index (χ4n) is 0.969. The summed E-state index contributed by atoms with van der Waals surface area (Å²) in [5.41, 5.74) is 13.5. The summed E-state index contributed by atoms with van der Waals surface area (Å²) in [5.74, 6) is 5.41. The lowest BCUT2D eigenvalue weighted by atomic mass is 10.1. The number of nitrogens with zero attached hydrogens (tertiary/aromatic N) is 1. The van der Waals surface area contributed by atoms with E-state index in [1.54, 1.807) is 25.4 Å². The van der Waals surface area contributed by atoms with Crippen LogP contribution in [0, 0.1) is 0 Å². The average Bonchev–Trinajstić information content (AvgIpc) is 2.04. The highest BCUT2D eigenvalue weighted by Gasteiger charge is 1.95. The van der Waals surface area contributed by atoms with Gasteiger partial charge in [0, 0.05) is 18.9 Å². The van der Waals surface area contributed by atoms with Crippen molar-refractivity contribution in [3.05, 3.63) is 36.0 Å². The third-order valence-electron chi connectivity index (χ3n) is 1.59. The molecule has 4 heteroatoms. The van der Waals surface area contributed by atoms with Gasteiger partial charge < -0.3 is 16.5 Å². The molecule has 0 radical (unpaired) electrons. The second-order valence-electron chi connectivity index (χ2n) is 2.87. The van der Waals surface area contributed by atoms with Gasteiger partial charge in [-0.3, -0.25) is 0 Å². The molecule has 0 saturated carbocycles. The second kappa shape index (κ2) is 3.82. The molecule has 13 heavy (non-hydrogen) atoms. The molecule has 0 atom stereocenters.